The molecule has 0 aliphatic heterocycles. The Bertz CT molecular complexity index is 866. The number of carbonyl (C=O) groups is 3. The smallest absolute Gasteiger partial charge is 0.341 e. The minimum Gasteiger partial charge on any atom is -0.462 e. The maximum atomic E-state index is 12.4. The first kappa shape index (κ1) is 22.3. The summed E-state index contributed by atoms with van der Waals surface area (Å²) in [5.74, 6) is -0.269. The molecule has 2 N–H and O–H groups in total. The third kappa shape index (κ3) is 5.73. The largest absolute Gasteiger partial charge is 0.462 e. The van der Waals surface area contributed by atoms with Crippen LogP contribution in [0.1, 0.15) is 38.1 Å². The van der Waals surface area contributed by atoms with Crippen LogP contribution in [0.15, 0.2) is 24.3 Å². The molecule has 6 nitrogen and oxygen atoms in total. The van der Waals surface area contributed by atoms with Crippen LogP contribution in [0.25, 0.3) is 0 Å². The second-order valence-electron chi connectivity index (χ2n) is 5.73. The van der Waals surface area contributed by atoms with Crippen molar-refractivity contribution in [3.05, 3.63) is 50.9 Å². The number of rotatable bonds is 8. The van der Waals surface area contributed by atoms with E-state index in [1.807, 2.05) is 12.1 Å². The van der Waals surface area contributed by atoms with E-state index in [1.54, 1.807) is 26.0 Å². The van der Waals surface area contributed by atoms with E-state index in [0.29, 0.717) is 26.2 Å². The average molecular weight is 441 g/mol. The summed E-state index contributed by atoms with van der Waals surface area (Å²) in [6.07, 6.45) is 0. The highest BCUT2D eigenvalue weighted by molar-refractivity contribution is 7.99. The summed E-state index contributed by atoms with van der Waals surface area (Å²) in [6.45, 7) is 3.57. The SMILES string of the molecule is CCOC(=O)c1c(NC(=O)CSCc2ccc(Cl)cc2)sc(C(=O)NC)c1C. The van der Waals surface area contributed by atoms with Crippen LogP contribution in [0.5, 0.6) is 0 Å². The van der Waals surface area contributed by atoms with Crippen LogP contribution in [0, 0.1) is 6.92 Å². The zero-order valence-corrected chi connectivity index (χ0v) is 18.1. The van der Waals surface area contributed by atoms with Crippen LogP contribution in [-0.4, -0.2) is 37.2 Å². The number of halogens is 1. The molecule has 150 valence electrons. The highest BCUT2D eigenvalue weighted by Gasteiger charge is 2.26. The number of hydrogen-bond acceptors (Lipinski definition) is 6. The molecule has 0 unspecified atom stereocenters. The van der Waals surface area contributed by atoms with Crippen LogP contribution < -0.4 is 10.6 Å². The zero-order valence-electron chi connectivity index (χ0n) is 15.8. The Morgan fingerprint density at radius 2 is 1.89 bits per heavy atom. The number of thiophene rings is 1. The molecular weight excluding hydrogens is 420 g/mol. The standard InChI is InChI=1S/C19H21ClN2O4S2/c1-4-26-19(25)15-11(2)16(17(24)21-3)28-18(15)22-14(23)10-27-9-12-5-7-13(20)8-6-12/h5-8H,4,9-10H2,1-3H3,(H,21,24)(H,22,23). The number of thioether (sulfide) groups is 1. The number of hydrogen-bond donors (Lipinski definition) is 2. The Morgan fingerprint density at radius 1 is 1.21 bits per heavy atom. The third-order valence-corrected chi connectivity index (χ3v) is 6.19. The van der Waals surface area contributed by atoms with E-state index in [4.69, 9.17) is 16.3 Å². The minimum absolute atomic E-state index is 0.202. The summed E-state index contributed by atoms with van der Waals surface area (Å²) >= 11 is 8.36. The fourth-order valence-electron chi connectivity index (χ4n) is 2.39. The molecule has 0 bridgehead atoms. The van der Waals surface area contributed by atoms with Gasteiger partial charge in [0.05, 0.1) is 22.8 Å². The Hall–Kier alpha value is -2.03. The average Bonchev–Trinajstić information content (AvgIpc) is 2.98. The topological polar surface area (TPSA) is 84.5 Å². The van der Waals surface area contributed by atoms with Crippen molar-refractivity contribution in [3.8, 4) is 0 Å². The Balaban J connectivity index is 2.08. The van der Waals surface area contributed by atoms with Gasteiger partial charge in [-0.05, 0) is 37.1 Å². The normalized spacial score (nSPS) is 10.4. The molecule has 9 heteroatoms. The number of nitrogens with one attached hydrogen (secondary N) is 2. The Labute approximate surface area is 177 Å². The number of esters is 1. The molecule has 0 atom stereocenters. The molecule has 1 aromatic heterocycles. The molecule has 0 saturated heterocycles. The first-order valence-electron chi connectivity index (χ1n) is 8.52. The van der Waals surface area contributed by atoms with Crippen molar-refractivity contribution < 1.29 is 19.1 Å². The van der Waals surface area contributed by atoms with Gasteiger partial charge in [-0.25, -0.2) is 4.79 Å². The van der Waals surface area contributed by atoms with Gasteiger partial charge in [-0.15, -0.1) is 23.1 Å². The molecule has 0 aliphatic carbocycles. The van der Waals surface area contributed by atoms with E-state index < -0.39 is 5.97 Å². The maximum Gasteiger partial charge on any atom is 0.341 e. The van der Waals surface area contributed by atoms with Gasteiger partial charge in [0.1, 0.15) is 5.00 Å². The second-order valence-corrected chi connectivity index (χ2v) is 8.17. The van der Waals surface area contributed by atoms with Crippen LogP contribution >= 0.6 is 34.7 Å². The predicted molar refractivity (Wildman–Crippen MR) is 115 cm³/mol. The second kappa shape index (κ2) is 10.5. The van der Waals surface area contributed by atoms with E-state index in [2.05, 4.69) is 10.6 Å². The van der Waals surface area contributed by atoms with E-state index in [1.165, 1.54) is 18.8 Å². The molecule has 0 radical (unpaired) electrons. The van der Waals surface area contributed by atoms with Gasteiger partial charge in [-0.1, -0.05) is 23.7 Å². The fourth-order valence-corrected chi connectivity index (χ4v) is 4.46. The summed E-state index contributed by atoms with van der Waals surface area (Å²) in [6, 6.07) is 7.42. The quantitative estimate of drug-likeness (QED) is 0.603. The molecule has 2 aromatic rings. The van der Waals surface area contributed by atoms with E-state index in [-0.39, 0.29) is 29.7 Å². The lowest BCUT2D eigenvalue weighted by molar-refractivity contribution is -0.113. The molecule has 0 aliphatic rings. The monoisotopic (exact) mass is 440 g/mol. The number of amides is 2. The summed E-state index contributed by atoms with van der Waals surface area (Å²) in [5, 5.41) is 6.27. The lowest BCUT2D eigenvalue weighted by Crippen LogP contribution is -2.18. The summed E-state index contributed by atoms with van der Waals surface area (Å²) in [4.78, 5) is 37.1. The molecule has 2 amide bonds. The maximum absolute atomic E-state index is 12.4. The summed E-state index contributed by atoms with van der Waals surface area (Å²) < 4.78 is 5.08. The third-order valence-electron chi connectivity index (χ3n) is 3.73. The molecule has 2 rings (SSSR count). The Kier molecular flexibility index (Phi) is 8.35. The van der Waals surface area contributed by atoms with Crippen LogP contribution in [0.4, 0.5) is 5.00 Å². The van der Waals surface area contributed by atoms with Crippen molar-refractivity contribution in [2.75, 3.05) is 24.7 Å². The summed E-state index contributed by atoms with van der Waals surface area (Å²) in [7, 11) is 1.51. The van der Waals surface area contributed by atoms with Crippen molar-refractivity contribution in [1.29, 1.82) is 0 Å². The minimum atomic E-state index is -0.560. The van der Waals surface area contributed by atoms with Crippen molar-refractivity contribution >= 4 is 57.5 Å². The van der Waals surface area contributed by atoms with Gasteiger partial charge in [0, 0.05) is 17.8 Å². The summed E-state index contributed by atoms with van der Waals surface area (Å²) in [5.41, 5.74) is 1.77. The molecule has 0 spiro atoms. The molecule has 1 heterocycles. The van der Waals surface area contributed by atoms with Gasteiger partial charge in [-0.3, -0.25) is 9.59 Å². The van der Waals surface area contributed by atoms with Gasteiger partial charge < -0.3 is 15.4 Å². The van der Waals surface area contributed by atoms with Gasteiger partial charge in [0.15, 0.2) is 0 Å². The van der Waals surface area contributed by atoms with Gasteiger partial charge in [-0.2, -0.15) is 0 Å². The molecule has 1 aromatic carbocycles. The van der Waals surface area contributed by atoms with Crippen molar-refractivity contribution in [2.45, 2.75) is 19.6 Å². The molecule has 0 saturated carbocycles. The number of carbonyl (C=O) groups excluding carboxylic acids is 3. The zero-order chi connectivity index (χ0) is 20.7. The van der Waals surface area contributed by atoms with Crippen LogP contribution in [-0.2, 0) is 15.3 Å². The van der Waals surface area contributed by atoms with Gasteiger partial charge in [0.2, 0.25) is 5.91 Å². The number of ether oxygens (including phenoxy) is 1. The first-order chi connectivity index (χ1) is 13.4. The van der Waals surface area contributed by atoms with E-state index >= 15 is 0 Å². The van der Waals surface area contributed by atoms with Gasteiger partial charge >= 0.3 is 5.97 Å². The lowest BCUT2D eigenvalue weighted by Gasteiger charge is -2.07. The van der Waals surface area contributed by atoms with E-state index in [9.17, 15) is 14.4 Å². The Morgan fingerprint density at radius 3 is 2.50 bits per heavy atom. The van der Waals surface area contributed by atoms with E-state index in [0.717, 1.165) is 16.9 Å². The van der Waals surface area contributed by atoms with Crippen LogP contribution in [0.2, 0.25) is 5.02 Å². The molecular formula is C19H21ClN2O4S2. The number of anilines is 1. The lowest BCUT2D eigenvalue weighted by atomic mass is 10.1. The van der Waals surface area contributed by atoms with Crippen molar-refractivity contribution in [2.24, 2.45) is 0 Å². The highest BCUT2D eigenvalue weighted by Crippen LogP contribution is 2.34. The predicted octanol–water partition coefficient (Wildman–Crippen LogP) is 4.12. The van der Waals surface area contributed by atoms with Gasteiger partial charge in [0.25, 0.3) is 5.91 Å². The number of benzene rings is 1. The molecule has 28 heavy (non-hydrogen) atoms. The van der Waals surface area contributed by atoms with Crippen molar-refractivity contribution in [1.82, 2.24) is 5.32 Å². The van der Waals surface area contributed by atoms with Crippen LogP contribution in [0.3, 0.4) is 0 Å². The molecule has 0 fully saturated rings. The van der Waals surface area contributed by atoms with Crippen molar-refractivity contribution in [3.63, 3.8) is 0 Å². The fraction of sp³-hybridized carbons (Fsp3) is 0.316. The highest BCUT2D eigenvalue weighted by atomic mass is 35.5. The first-order valence-corrected chi connectivity index (χ1v) is 10.9.